The maximum absolute atomic E-state index is 13.2. The summed E-state index contributed by atoms with van der Waals surface area (Å²) in [5, 5.41) is 6.49. The molecule has 0 radical (unpaired) electrons. The summed E-state index contributed by atoms with van der Waals surface area (Å²) in [5.41, 5.74) is 2.85. The fourth-order valence-corrected chi connectivity index (χ4v) is 3.73. The molecule has 2 aliphatic heterocycles. The first-order valence-corrected chi connectivity index (χ1v) is 10.9. The average Bonchev–Trinajstić information content (AvgIpc) is 3.29. The number of likely N-dealkylation sites (N-methyl/N-ethyl adjacent to an activating group) is 1. The van der Waals surface area contributed by atoms with Gasteiger partial charge in [0.1, 0.15) is 11.7 Å². The monoisotopic (exact) mass is 444 g/mol. The van der Waals surface area contributed by atoms with Gasteiger partial charge in [-0.25, -0.2) is 4.39 Å². The molecular weight excluding hydrogens is 419 g/mol. The Kier molecular flexibility index (Phi) is 5.95. The highest BCUT2D eigenvalue weighted by Crippen LogP contribution is 2.22. The van der Waals surface area contributed by atoms with Crippen molar-refractivity contribution < 1.29 is 4.39 Å². The van der Waals surface area contributed by atoms with E-state index in [2.05, 4.69) is 47.4 Å². The minimum atomic E-state index is -0.253. The molecule has 0 unspecified atom stereocenters. The molecule has 9 heteroatoms. The maximum atomic E-state index is 13.2. The first-order chi connectivity index (χ1) is 16.1. The molecule has 0 saturated carbocycles. The van der Waals surface area contributed by atoms with Crippen LogP contribution in [0.15, 0.2) is 65.7 Å². The summed E-state index contributed by atoms with van der Waals surface area (Å²) in [6.07, 6.45) is 1.94. The molecule has 33 heavy (non-hydrogen) atoms. The van der Waals surface area contributed by atoms with Crippen molar-refractivity contribution in [3.8, 4) is 0 Å². The Morgan fingerprint density at radius 2 is 1.52 bits per heavy atom. The minimum absolute atomic E-state index is 0.253. The first-order valence-electron chi connectivity index (χ1n) is 10.9. The molecule has 1 aromatic heterocycles. The van der Waals surface area contributed by atoms with E-state index in [1.165, 1.54) is 12.1 Å². The van der Waals surface area contributed by atoms with Gasteiger partial charge in [0.25, 0.3) is 0 Å². The molecule has 8 nitrogen and oxygen atoms in total. The highest BCUT2D eigenvalue weighted by Gasteiger charge is 2.20. The van der Waals surface area contributed by atoms with E-state index in [1.54, 1.807) is 12.1 Å². The predicted molar refractivity (Wildman–Crippen MR) is 130 cm³/mol. The molecular formula is C24H25FN8. The first kappa shape index (κ1) is 21.0. The third kappa shape index (κ3) is 5.15. The van der Waals surface area contributed by atoms with E-state index in [0.29, 0.717) is 30.2 Å². The number of hydrogen-bond donors (Lipinski definition) is 2. The summed E-state index contributed by atoms with van der Waals surface area (Å²) >= 11 is 0. The van der Waals surface area contributed by atoms with Crippen molar-refractivity contribution in [3.05, 3.63) is 72.1 Å². The van der Waals surface area contributed by atoms with Crippen LogP contribution >= 0.6 is 0 Å². The number of piperazine rings is 1. The maximum Gasteiger partial charge on any atom is 0.235 e. The molecule has 2 aliphatic rings. The van der Waals surface area contributed by atoms with Gasteiger partial charge in [0, 0.05) is 31.9 Å². The van der Waals surface area contributed by atoms with Crippen molar-refractivity contribution in [3.63, 3.8) is 0 Å². The van der Waals surface area contributed by atoms with Crippen LogP contribution in [0.25, 0.3) is 5.57 Å². The van der Waals surface area contributed by atoms with Crippen molar-refractivity contribution in [1.29, 1.82) is 0 Å². The van der Waals surface area contributed by atoms with Gasteiger partial charge >= 0.3 is 0 Å². The van der Waals surface area contributed by atoms with Gasteiger partial charge in [-0.05, 0) is 48.5 Å². The van der Waals surface area contributed by atoms with Gasteiger partial charge in [-0.3, -0.25) is 4.99 Å². The Bertz CT molecular complexity index is 1170. The number of hydrogen-bond acceptors (Lipinski definition) is 8. The number of halogens is 1. The Morgan fingerprint density at radius 3 is 2.24 bits per heavy atom. The van der Waals surface area contributed by atoms with Crippen LogP contribution in [0.1, 0.15) is 5.56 Å². The summed E-state index contributed by atoms with van der Waals surface area (Å²) in [5.74, 6) is 1.93. The Labute approximate surface area is 191 Å². The number of nitrogens with zero attached hydrogens (tertiary/aromatic N) is 6. The van der Waals surface area contributed by atoms with Gasteiger partial charge in [0.15, 0.2) is 0 Å². The van der Waals surface area contributed by atoms with Crippen LogP contribution in [0.4, 0.5) is 27.9 Å². The number of amidine groups is 1. The summed E-state index contributed by atoms with van der Waals surface area (Å²) in [7, 11) is 2.11. The minimum Gasteiger partial charge on any atom is -0.338 e. The van der Waals surface area contributed by atoms with E-state index < -0.39 is 0 Å². The van der Waals surface area contributed by atoms with Crippen LogP contribution in [0, 0.1) is 5.82 Å². The van der Waals surface area contributed by atoms with Crippen LogP contribution in [0.2, 0.25) is 0 Å². The lowest BCUT2D eigenvalue weighted by Gasteiger charge is -2.32. The summed E-state index contributed by atoms with van der Waals surface area (Å²) in [6.45, 7) is 4.11. The third-order valence-electron chi connectivity index (χ3n) is 5.63. The van der Waals surface area contributed by atoms with E-state index in [4.69, 9.17) is 0 Å². The number of aromatic nitrogens is 3. The Balaban J connectivity index is 1.39. The normalized spacial score (nSPS) is 16.4. The highest BCUT2D eigenvalue weighted by molar-refractivity contribution is 6.10. The van der Waals surface area contributed by atoms with Gasteiger partial charge < -0.3 is 20.4 Å². The topological polar surface area (TPSA) is 81.6 Å². The lowest BCUT2D eigenvalue weighted by Crippen LogP contribution is -2.45. The second kappa shape index (κ2) is 9.33. The van der Waals surface area contributed by atoms with Gasteiger partial charge in [-0.15, -0.1) is 0 Å². The van der Waals surface area contributed by atoms with Gasteiger partial charge in [-0.1, -0.05) is 30.3 Å². The molecule has 0 amide bonds. The molecule has 0 bridgehead atoms. The highest BCUT2D eigenvalue weighted by atomic mass is 19.1. The number of para-hydroxylation sites is 1. The van der Waals surface area contributed by atoms with E-state index in [-0.39, 0.29) is 5.82 Å². The number of rotatable bonds is 5. The molecule has 1 saturated heterocycles. The molecule has 1 fully saturated rings. The molecule has 5 rings (SSSR count). The molecule has 3 aromatic rings. The Morgan fingerprint density at radius 1 is 0.818 bits per heavy atom. The van der Waals surface area contributed by atoms with Crippen molar-refractivity contribution in [1.82, 2.24) is 19.9 Å². The van der Waals surface area contributed by atoms with Crippen LogP contribution in [0.5, 0.6) is 0 Å². The number of benzene rings is 2. The zero-order valence-corrected chi connectivity index (χ0v) is 18.4. The largest absolute Gasteiger partial charge is 0.338 e. The van der Waals surface area contributed by atoms with Crippen LogP contribution in [0.3, 0.4) is 0 Å². The Hall–Kier alpha value is -3.85. The molecule has 0 spiro atoms. The molecule has 2 aromatic carbocycles. The van der Waals surface area contributed by atoms with Crippen LogP contribution in [-0.2, 0) is 0 Å². The standard InChI is InChI=1S/C24H25FN8/c1-32-11-13-33(14-12-32)24-30-22(27-20-5-3-2-4-6-20)29-23(31-24)28-21-15-18(16-26-21)17-7-9-19(25)10-8-17/h2-10,15H,11-14,16H2,1H3,(H2,26,27,28,29,30,31). The second-order valence-corrected chi connectivity index (χ2v) is 8.07. The smallest absolute Gasteiger partial charge is 0.235 e. The third-order valence-corrected chi connectivity index (χ3v) is 5.63. The van der Waals surface area contributed by atoms with E-state index >= 15 is 0 Å². The second-order valence-electron chi connectivity index (χ2n) is 8.07. The molecule has 3 heterocycles. The fourth-order valence-electron chi connectivity index (χ4n) is 3.73. The number of aliphatic imine (C=N–C) groups is 1. The van der Waals surface area contributed by atoms with Crippen molar-refractivity contribution in [2.75, 3.05) is 55.3 Å². The molecule has 168 valence electrons. The zero-order valence-electron chi connectivity index (χ0n) is 18.4. The molecule has 0 aliphatic carbocycles. The average molecular weight is 445 g/mol. The lowest BCUT2D eigenvalue weighted by molar-refractivity contribution is 0.311. The molecule has 0 atom stereocenters. The SMILES string of the molecule is CN1CCN(c2nc(NC3=NCC(c4ccc(F)cc4)=C3)nc(Nc3ccccc3)n2)CC1. The zero-order chi connectivity index (χ0) is 22.6. The summed E-state index contributed by atoms with van der Waals surface area (Å²) in [6, 6.07) is 16.2. The van der Waals surface area contributed by atoms with Crippen molar-refractivity contribution in [2.45, 2.75) is 0 Å². The van der Waals surface area contributed by atoms with Crippen molar-refractivity contribution >= 4 is 34.9 Å². The van der Waals surface area contributed by atoms with Gasteiger partial charge in [0.2, 0.25) is 17.8 Å². The molecule has 2 N–H and O–H groups in total. The predicted octanol–water partition coefficient (Wildman–Crippen LogP) is 3.41. The van der Waals surface area contributed by atoms with Crippen molar-refractivity contribution in [2.24, 2.45) is 4.99 Å². The van der Waals surface area contributed by atoms with Crippen LogP contribution < -0.4 is 15.5 Å². The van der Waals surface area contributed by atoms with E-state index in [9.17, 15) is 4.39 Å². The van der Waals surface area contributed by atoms with Gasteiger partial charge in [-0.2, -0.15) is 15.0 Å². The summed E-state index contributed by atoms with van der Waals surface area (Å²) in [4.78, 5) is 22.9. The van der Waals surface area contributed by atoms with E-state index in [1.807, 2.05) is 36.4 Å². The lowest BCUT2D eigenvalue weighted by atomic mass is 10.1. The number of anilines is 4. The summed E-state index contributed by atoms with van der Waals surface area (Å²) < 4.78 is 13.2. The quantitative estimate of drug-likeness (QED) is 0.624. The number of nitrogens with one attached hydrogen (secondary N) is 2. The fraction of sp³-hybridized carbons (Fsp3) is 0.250. The van der Waals surface area contributed by atoms with E-state index in [0.717, 1.165) is 43.0 Å². The van der Waals surface area contributed by atoms with Gasteiger partial charge in [0.05, 0.1) is 6.54 Å². The van der Waals surface area contributed by atoms with Crippen LogP contribution in [-0.4, -0.2) is 65.5 Å².